The Morgan fingerprint density at radius 1 is 1.23 bits per heavy atom. The number of carbonyl (C=O) groups excluding carboxylic acids is 1. The standard InChI is InChI=1S/C21H26F2N2O/c1-13(2)11-24-21(26)20-14(3)17-6-4-5-7-19(17)25(20)12-15-8-9-16(22)10-18(15)23/h8-10,13H,4-7,11-12H2,1-3H3,(H,24,26). The highest BCUT2D eigenvalue weighted by molar-refractivity contribution is 5.95. The van der Waals surface area contributed by atoms with E-state index in [0.717, 1.165) is 43.0 Å². The number of fused-ring (bicyclic) bond motifs is 1. The monoisotopic (exact) mass is 360 g/mol. The van der Waals surface area contributed by atoms with Gasteiger partial charge in [-0.15, -0.1) is 0 Å². The molecule has 1 heterocycles. The van der Waals surface area contributed by atoms with Crippen molar-refractivity contribution < 1.29 is 13.6 Å². The van der Waals surface area contributed by atoms with Crippen LogP contribution in [0.5, 0.6) is 0 Å². The summed E-state index contributed by atoms with van der Waals surface area (Å²) in [5.74, 6) is -0.929. The SMILES string of the molecule is Cc1c2c(n(Cc3ccc(F)cc3F)c1C(=O)NCC(C)C)CCCC2. The summed E-state index contributed by atoms with van der Waals surface area (Å²) in [5.41, 5.74) is 4.33. The van der Waals surface area contributed by atoms with Gasteiger partial charge in [0.2, 0.25) is 0 Å². The molecule has 1 aliphatic carbocycles. The maximum Gasteiger partial charge on any atom is 0.268 e. The molecule has 0 saturated heterocycles. The fourth-order valence-corrected chi connectivity index (χ4v) is 3.74. The van der Waals surface area contributed by atoms with Crippen LogP contribution in [0, 0.1) is 24.5 Å². The molecule has 1 aromatic heterocycles. The average molecular weight is 360 g/mol. The van der Waals surface area contributed by atoms with Crippen LogP contribution in [0.2, 0.25) is 0 Å². The van der Waals surface area contributed by atoms with Gasteiger partial charge in [0.25, 0.3) is 5.91 Å². The fraction of sp³-hybridized carbons (Fsp3) is 0.476. The van der Waals surface area contributed by atoms with E-state index in [-0.39, 0.29) is 12.5 Å². The molecule has 26 heavy (non-hydrogen) atoms. The number of nitrogens with zero attached hydrogens (tertiary/aromatic N) is 1. The molecule has 0 spiro atoms. The van der Waals surface area contributed by atoms with Crippen molar-refractivity contribution in [1.82, 2.24) is 9.88 Å². The van der Waals surface area contributed by atoms with E-state index in [1.54, 1.807) is 0 Å². The van der Waals surface area contributed by atoms with Crippen LogP contribution in [-0.2, 0) is 19.4 Å². The van der Waals surface area contributed by atoms with Crippen LogP contribution in [0.15, 0.2) is 18.2 Å². The Bertz CT molecular complexity index is 824. The smallest absolute Gasteiger partial charge is 0.268 e. The molecule has 1 N–H and O–H groups in total. The van der Waals surface area contributed by atoms with Crippen LogP contribution in [0.4, 0.5) is 8.78 Å². The summed E-state index contributed by atoms with van der Waals surface area (Å²) in [6.45, 7) is 6.91. The lowest BCUT2D eigenvalue weighted by Crippen LogP contribution is -2.30. The lowest BCUT2D eigenvalue weighted by molar-refractivity contribution is 0.0939. The van der Waals surface area contributed by atoms with Gasteiger partial charge in [0.05, 0.1) is 6.54 Å². The Morgan fingerprint density at radius 2 is 1.96 bits per heavy atom. The number of hydrogen-bond acceptors (Lipinski definition) is 1. The zero-order chi connectivity index (χ0) is 18.8. The van der Waals surface area contributed by atoms with Crippen LogP contribution in [-0.4, -0.2) is 17.0 Å². The molecule has 0 atom stereocenters. The summed E-state index contributed by atoms with van der Waals surface area (Å²) in [5, 5.41) is 2.98. The van der Waals surface area contributed by atoms with Crippen LogP contribution < -0.4 is 5.32 Å². The Kier molecular flexibility index (Phi) is 5.44. The molecular formula is C21H26F2N2O. The zero-order valence-corrected chi connectivity index (χ0v) is 15.7. The highest BCUT2D eigenvalue weighted by atomic mass is 19.1. The molecule has 0 unspecified atom stereocenters. The summed E-state index contributed by atoms with van der Waals surface area (Å²) in [6.07, 6.45) is 4.01. The highest BCUT2D eigenvalue weighted by Crippen LogP contribution is 2.31. The number of halogens is 2. The van der Waals surface area contributed by atoms with Gasteiger partial charge in [-0.05, 0) is 55.7 Å². The molecule has 0 bridgehead atoms. The third kappa shape index (κ3) is 3.67. The van der Waals surface area contributed by atoms with E-state index in [4.69, 9.17) is 0 Å². The number of rotatable bonds is 5. The van der Waals surface area contributed by atoms with E-state index in [2.05, 4.69) is 5.32 Å². The molecule has 1 amide bonds. The lowest BCUT2D eigenvalue weighted by atomic mass is 9.95. The Morgan fingerprint density at radius 3 is 2.65 bits per heavy atom. The number of amides is 1. The van der Waals surface area contributed by atoms with Crippen molar-refractivity contribution in [3.63, 3.8) is 0 Å². The molecule has 3 nitrogen and oxygen atoms in total. The number of aromatic nitrogens is 1. The van der Waals surface area contributed by atoms with E-state index in [9.17, 15) is 13.6 Å². The predicted molar refractivity (Wildman–Crippen MR) is 98.4 cm³/mol. The van der Waals surface area contributed by atoms with Gasteiger partial charge in [0.15, 0.2) is 0 Å². The minimum Gasteiger partial charge on any atom is -0.350 e. The highest BCUT2D eigenvalue weighted by Gasteiger charge is 2.26. The largest absolute Gasteiger partial charge is 0.350 e. The normalized spacial score (nSPS) is 13.8. The second-order valence-corrected chi connectivity index (χ2v) is 7.53. The first kappa shape index (κ1) is 18.6. The lowest BCUT2D eigenvalue weighted by Gasteiger charge is -2.18. The maximum atomic E-state index is 14.2. The van der Waals surface area contributed by atoms with Crippen LogP contribution in [0.1, 0.15) is 59.6 Å². The Labute approximate surface area is 153 Å². The third-order valence-corrected chi connectivity index (χ3v) is 5.07. The van der Waals surface area contributed by atoms with Crippen molar-refractivity contribution >= 4 is 5.91 Å². The van der Waals surface area contributed by atoms with Crippen molar-refractivity contribution in [2.75, 3.05) is 6.54 Å². The summed E-state index contributed by atoms with van der Waals surface area (Å²) in [6, 6.07) is 3.63. The first-order chi connectivity index (χ1) is 12.4. The number of benzene rings is 1. The molecular weight excluding hydrogens is 334 g/mol. The van der Waals surface area contributed by atoms with Gasteiger partial charge in [-0.25, -0.2) is 8.78 Å². The minimum atomic E-state index is -0.591. The van der Waals surface area contributed by atoms with Gasteiger partial charge in [0.1, 0.15) is 17.3 Å². The summed E-state index contributed by atoms with van der Waals surface area (Å²) in [4.78, 5) is 12.9. The molecule has 0 aliphatic heterocycles. The topological polar surface area (TPSA) is 34.0 Å². The first-order valence-corrected chi connectivity index (χ1v) is 9.31. The molecule has 3 rings (SSSR count). The van der Waals surface area contributed by atoms with Crippen LogP contribution in [0.3, 0.4) is 0 Å². The van der Waals surface area contributed by atoms with E-state index in [0.29, 0.717) is 23.7 Å². The molecule has 0 saturated carbocycles. The molecule has 0 fully saturated rings. The second-order valence-electron chi connectivity index (χ2n) is 7.53. The molecule has 2 aromatic rings. The van der Waals surface area contributed by atoms with Gasteiger partial charge >= 0.3 is 0 Å². The van der Waals surface area contributed by atoms with Gasteiger partial charge in [-0.2, -0.15) is 0 Å². The maximum absolute atomic E-state index is 14.2. The van der Waals surface area contributed by atoms with Crippen LogP contribution in [0.25, 0.3) is 0 Å². The van der Waals surface area contributed by atoms with Crippen molar-refractivity contribution in [2.24, 2.45) is 5.92 Å². The van der Waals surface area contributed by atoms with E-state index in [1.165, 1.54) is 17.7 Å². The van der Waals surface area contributed by atoms with E-state index >= 15 is 0 Å². The van der Waals surface area contributed by atoms with Gasteiger partial charge < -0.3 is 9.88 Å². The van der Waals surface area contributed by atoms with E-state index in [1.807, 2.05) is 25.3 Å². The Balaban J connectivity index is 2.02. The predicted octanol–water partition coefficient (Wildman–Crippen LogP) is 4.39. The molecule has 1 aliphatic rings. The number of nitrogens with one attached hydrogen (secondary N) is 1. The van der Waals surface area contributed by atoms with Crippen LogP contribution >= 0.6 is 0 Å². The quantitative estimate of drug-likeness (QED) is 0.843. The first-order valence-electron chi connectivity index (χ1n) is 9.31. The van der Waals surface area contributed by atoms with Crippen molar-refractivity contribution in [3.05, 3.63) is 57.9 Å². The molecule has 1 aromatic carbocycles. The minimum absolute atomic E-state index is 0.117. The van der Waals surface area contributed by atoms with Crippen molar-refractivity contribution in [1.29, 1.82) is 0 Å². The summed E-state index contributed by atoms with van der Waals surface area (Å²) in [7, 11) is 0. The average Bonchev–Trinajstić information content (AvgIpc) is 2.88. The third-order valence-electron chi connectivity index (χ3n) is 5.07. The van der Waals surface area contributed by atoms with Gasteiger partial charge in [-0.3, -0.25) is 4.79 Å². The van der Waals surface area contributed by atoms with Gasteiger partial charge in [0, 0.05) is 23.9 Å². The Hall–Kier alpha value is -2.17. The number of carbonyl (C=O) groups is 1. The van der Waals surface area contributed by atoms with E-state index < -0.39 is 11.6 Å². The second kappa shape index (κ2) is 7.60. The molecule has 140 valence electrons. The van der Waals surface area contributed by atoms with Crippen molar-refractivity contribution in [2.45, 2.75) is 53.0 Å². The summed E-state index contributed by atoms with van der Waals surface area (Å²) < 4.78 is 29.4. The zero-order valence-electron chi connectivity index (χ0n) is 15.7. The van der Waals surface area contributed by atoms with Crippen molar-refractivity contribution in [3.8, 4) is 0 Å². The molecule has 5 heteroatoms. The number of hydrogen-bond donors (Lipinski definition) is 1. The van der Waals surface area contributed by atoms with Gasteiger partial charge in [-0.1, -0.05) is 19.9 Å². The fourth-order valence-electron chi connectivity index (χ4n) is 3.74. The molecule has 0 radical (unpaired) electrons. The summed E-state index contributed by atoms with van der Waals surface area (Å²) >= 11 is 0.